The molecule has 1 N–H and O–H groups in total. The minimum Gasteiger partial charge on any atom is -0.507 e. The Bertz CT molecular complexity index is 851. The number of rotatable bonds is 3. The van der Waals surface area contributed by atoms with Crippen molar-refractivity contribution in [3.05, 3.63) is 67.9 Å². The number of imide groups is 1. The molecule has 1 saturated heterocycles. The maximum absolute atomic E-state index is 12.9. The van der Waals surface area contributed by atoms with E-state index in [1.54, 1.807) is 12.1 Å². The molecule has 0 unspecified atom stereocenters. The van der Waals surface area contributed by atoms with E-state index in [9.17, 15) is 19.1 Å². The van der Waals surface area contributed by atoms with Gasteiger partial charge in [0.25, 0.3) is 11.1 Å². The summed E-state index contributed by atoms with van der Waals surface area (Å²) in [6.07, 6.45) is 1.51. The Balaban J connectivity index is 1.84. The van der Waals surface area contributed by atoms with Gasteiger partial charge in [-0.3, -0.25) is 14.5 Å². The van der Waals surface area contributed by atoms with Crippen molar-refractivity contribution >= 4 is 51.6 Å². The molecule has 2 aromatic carbocycles. The second-order valence-corrected chi connectivity index (χ2v) is 7.34. The monoisotopic (exact) mass is 455 g/mol. The van der Waals surface area contributed by atoms with Gasteiger partial charge in [0.2, 0.25) is 0 Å². The maximum Gasteiger partial charge on any atom is 0.293 e. The van der Waals surface area contributed by atoms with E-state index in [0.717, 1.165) is 20.2 Å². The van der Waals surface area contributed by atoms with Crippen molar-refractivity contribution in [2.24, 2.45) is 0 Å². The van der Waals surface area contributed by atoms with Gasteiger partial charge in [0.1, 0.15) is 11.6 Å². The molecule has 3 rings (SSSR count). The number of thioether (sulfide) groups is 1. The molecule has 1 fully saturated rings. The zero-order valence-corrected chi connectivity index (χ0v) is 15.2. The van der Waals surface area contributed by atoms with Crippen LogP contribution in [0.4, 0.5) is 9.18 Å². The zero-order valence-electron chi connectivity index (χ0n) is 12.2. The summed E-state index contributed by atoms with van der Waals surface area (Å²) in [7, 11) is 0. The van der Waals surface area contributed by atoms with E-state index in [1.807, 2.05) is 0 Å². The van der Waals surface area contributed by atoms with Gasteiger partial charge in [0, 0.05) is 9.13 Å². The predicted octanol–water partition coefficient (Wildman–Crippen LogP) is 4.37. The van der Waals surface area contributed by atoms with Crippen LogP contribution in [0.15, 0.2) is 47.4 Å². The maximum atomic E-state index is 12.9. The molecule has 24 heavy (non-hydrogen) atoms. The summed E-state index contributed by atoms with van der Waals surface area (Å²) in [5, 5.41) is 9.48. The van der Waals surface area contributed by atoms with E-state index in [-0.39, 0.29) is 28.3 Å². The Labute approximate surface area is 155 Å². The number of hydrogen-bond acceptors (Lipinski definition) is 4. The molecular formula is C17H11FINO3S. The lowest BCUT2D eigenvalue weighted by atomic mass is 10.2. The Morgan fingerprint density at radius 2 is 1.88 bits per heavy atom. The molecule has 122 valence electrons. The first-order valence-electron chi connectivity index (χ1n) is 6.92. The molecule has 2 aromatic rings. The van der Waals surface area contributed by atoms with E-state index in [2.05, 4.69) is 22.6 Å². The highest BCUT2D eigenvalue weighted by atomic mass is 127. The Kier molecular flexibility index (Phi) is 4.91. The first-order valence-corrected chi connectivity index (χ1v) is 8.82. The van der Waals surface area contributed by atoms with Crippen LogP contribution >= 0.6 is 34.4 Å². The average molecular weight is 455 g/mol. The number of phenolic OH excluding ortho intramolecular Hbond substituents is 1. The standard InChI is InChI=1S/C17H11FINO3S/c18-12-3-1-10(2-4-12)9-20-16(22)15(24-17(20)23)8-11-7-13(19)5-6-14(11)21/h1-8,21H,9H2/b15-8-. The van der Waals surface area contributed by atoms with E-state index in [1.165, 1.54) is 36.4 Å². The fourth-order valence-electron chi connectivity index (χ4n) is 2.19. The fourth-order valence-corrected chi connectivity index (χ4v) is 3.54. The van der Waals surface area contributed by atoms with Crippen molar-refractivity contribution in [1.82, 2.24) is 4.90 Å². The molecule has 0 aliphatic carbocycles. The number of carbonyl (C=O) groups excluding carboxylic acids is 2. The quantitative estimate of drug-likeness (QED) is 0.552. The second kappa shape index (κ2) is 6.94. The SMILES string of the molecule is O=C1S/C(=C\c2cc(I)ccc2O)C(=O)N1Cc1ccc(F)cc1. The number of halogens is 2. The summed E-state index contributed by atoms with van der Waals surface area (Å²) in [6.45, 7) is 0.0839. The van der Waals surface area contributed by atoms with Gasteiger partial charge in [-0.15, -0.1) is 0 Å². The van der Waals surface area contributed by atoms with E-state index >= 15 is 0 Å². The van der Waals surface area contributed by atoms with Crippen LogP contribution in [-0.2, 0) is 11.3 Å². The smallest absolute Gasteiger partial charge is 0.293 e. The molecule has 0 radical (unpaired) electrons. The lowest BCUT2D eigenvalue weighted by molar-refractivity contribution is -0.123. The molecule has 0 saturated carbocycles. The molecule has 1 aliphatic heterocycles. The molecule has 1 aliphatic rings. The van der Waals surface area contributed by atoms with Gasteiger partial charge in [-0.1, -0.05) is 12.1 Å². The van der Waals surface area contributed by atoms with Gasteiger partial charge in [-0.05, 0) is 76.3 Å². The van der Waals surface area contributed by atoms with Crippen LogP contribution in [0.5, 0.6) is 5.75 Å². The van der Waals surface area contributed by atoms with Crippen LogP contribution in [0.2, 0.25) is 0 Å². The summed E-state index contributed by atoms with van der Waals surface area (Å²) >= 11 is 2.92. The van der Waals surface area contributed by atoms with Gasteiger partial charge in [-0.25, -0.2) is 4.39 Å². The van der Waals surface area contributed by atoms with Crippen molar-refractivity contribution in [3.8, 4) is 5.75 Å². The van der Waals surface area contributed by atoms with Gasteiger partial charge >= 0.3 is 0 Å². The van der Waals surface area contributed by atoms with Crippen LogP contribution in [-0.4, -0.2) is 21.2 Å². The highest BCUT2D eigenvalue weighted by molar-refractivity contribution is 14.1. The Morgan fingerprint density at radius 1 is 1.17 bits per heavy atom. The lowest BCUT2D eigenvalue weighted by Gasteiger charge is -2.12. The molecule has 0 bridgehead atoms. The largest absolute Gasteiger partial charge is 0.507 e. The molecule has 4 nitrogen and oxygen atoms in total. The topological polar surface area (TPSA) is 57.6 Å². The van der Waals surface area contributed by atoms with Crippen molar-refractivity contribution < 1.29 is 19.1 Å². The van der Waals surface area contributed by atoms with Crippen molar-refractivity contribution in [2.45, 2.75) is 6.54 Å². The van der Waals surface area contributed by atoms with Crippen LogP contribution < -0.4 is 0 Å². The Morgan fingerprint density at radius 3 is 2.58 bits per heavy atom. The van der Waals surface area contributed by atoms with Gasteiger partial charge in [0.05, 0.1) is 11.4 Å². The van der Waals surface area contributed by atoms with Gasteiger partial charge in [0.15, 0.2) is 0 Å². The van der Waals surface area contributed by atoms with Gasteiger partial charge < -0.3 is 5.11 Å². The summed E-state index contributed by atoms with van der Waals surface area (Å²) in [5.41, 5.74) is 1.14. The first kappa shape index (κ1) is 17.0. The van der Waals surface area contributed by atoms with Crippen molar-refractivity contribution in [1.29, 1.82) is 0 Å². The molecule has 0 spiro atoms. The van der Waals surface area contributed by atoms with Crippen LogP contribution in [0.25, 0.3) is 6.08 Å². The third kappa shape index (κ3) is 3.62. The second-order valence-electron chi connectivity index (χ2n) is 5.10. The van der Waals surface area contributed by atoms with Crippen LogP contribution in [0.3, 0.4) is 0 Å². The predicted molar refractivity (Wildman–Crippen MR) is 98.7 cm³/mol. The number of phenols is 1. The molecule has 0 aromatic heterocycles. The summed E-state index contributed by atoms with van der Waals surface area (Å²) < 4.78 is 13.8. The van der Waals surface area contributed by atoms with E-state index in [0.29, 0.717) is 11.1 Å². The highest BCUT2D eigenvalue weighted by Gasteiger charge is 2.35. The molecule has 1 heterocycles. The highest BCUT2D eigenvalue weighted by Crippen LogP contribution is 2.35. The van der Waals surface area contributed by atoms with E-state index in [4.69, 9.17) is 0 Å². The molecule has 2 amide bonds. The normalized spacial score (nSPS) is 16.2. The molecule has 7 heteroatoms. The van der Waals surface area contributed by atoms with Crippen LogP contribution in [0.1, 0.15) is 11.1 Å². The number of hydrogen-bond donors (Lipinski definition) is 1. The third-order valence-corrected chi connectivity index (χ3v) is 4.98. The zero-order chi connectivity index (χ0) is 17.3. The number of benzene rings is 2. The minimum atomic E-state index is -0.424. The summed E-state index contributed by atoms with van der Waals surface area (Å²) in [5.74, 6) is -0.754. The minimum absolute atomic E-state index is 0.0424. The number of carbonyl (C=O) groups is 2. The average Bonchev–Trinajstić information content (AvgIpc) is 2.80. The number of aromatic hydroxyl groups is 1. The summed E-state index contributed by atoms with van der Waals surface area (Å²) in [4.78, 5) is 25.9. The lowest BCUT2D eigenvalue weighted by Crippen LogP contribution is -2.27. The third-order valence-electron chi connectivity index (χ3n) is 3.40. The Hall–Kier alpha value is -1.87. The van der Waals surface area contributed by atoms with Gasteiger partial charge in [-0.2, -0.15) is 0 Å². The number of amides is 2. The van der Waals surface area contributed by atoms with E-state index < -0.39 is 5.91 Å². The van der Waals surface area contributed by atoms with Crippen molar-refractivity contribution in [2.75, 3.05) is 0 Å². The number of nitrogens with zero attached hydrogens (tertiary/aromatic N) is 1. The van der Waals surface area contributed by atoms with Crippen molar-refractivity contribution in [3.63, 3.8) is 0 Å². The summed E-state index contributed by atoms with van der Waals surface area (Å²) in [6, 6.07) is 10.7. The first-order chi connectivity index (χ1) is 11.4. The fraction of sp³-hybridized carbons (Fsp3) is 0.0588. The molecular weight excluding hydrogens is 444 g/mol. The molecule has 0 atom stereocenters. The van der Waals surface area contributed by atoms with Crippen LogP contribution in [0, 0.1) is 9.39 Å².